The van der Waals surface area contributed by atoms with Gasteiger partial charge >= 0.3 is 21.3 Å². The van der Waals surface area contributed by atoms with Crippen molar-refractivity contribution in [1.29, 1.82) is 0 Å². The Bertz CT molecular complexity index is 581. The summed E-state index contributed by atoms with van der Waals surface area (Å²) in [5.41, 5.74) is -6.20. The van der Waals surface area contributed by atoms with Crippen molar-refractivity contribution in [2.45, 2.75) is 12.4 Å². The van der Waals surface area contributed by atoms with Crippen LogP contribution in [0.3, 0.4) is 0 Å². The molecule has 100 valence electrons. The molecule has 0 saturated heterocycles. The van der Waals surface area contributed by atoms with Crippen LogP contribution in [0.15, 0.2) is 18.2 Å². The second-order valence-electron chi connectivity index (χ2n) is 3.21. The maximum Gasteiger partial charge on any atom is 0.534 e. The van der Waals surface area contributed by atoms with Gasteiger partial charge in [-0.05, 0) is 18.6 Å². The Morgan fingerprint density at radius 3 is 2.33 bits per heavy atom. The van der Waals surface area contributed by atoms with Crippen molar-refractivity contribution >= 4 is 15.8 Å². The van der Waals surface area contributed by atoms with E-state index >= 15 is 0 Å². The molecule has 1 rings (SSSR count). The fourth-order valence-corrected chi connectivity index (χ4v) is 1.47. The van der Waals surface area contributed by atoms with E-state index in [0.29, 0.717) is 5.56 Å². The molecule has 0 unspecified atom stereocenters. The molecule has 0 amide bonds. The van der Waals surface area contributed by atoms with Crippen LogP contribution in [0.2, 0.25) is 0 Å². The first-order valence-electron chi connectivity index (χ1n) is 4.30. The van der Waals surface area contributed by atoms with Crippen molar-refractivity contribution in [2.24, 2.45) is 0 Å². The fourth-order valence-electron chi connectivity index (χ4n) is 1.00. The van der Waals surface area contributed by atoms with Crippen molar-refractivity contribution in [2.75, 3.05) is 0 Å². The van der Waals surface area contributed by atoms with E-state index in [4.69, 9.17) is 0 Å². The molecule has 10 heteroatoms. The average Bonchev–Trinajstić information content (AvgIpc) is 2.14. The summed E-state index contributed by atoms with van der Waals surface area (Å²) >= 11 is 0. The molecule has 0 bridgehead atoms. The van der Waals surface area contributed by atoms with E-state index in [0.717, 1.165) is 12.1 Å². The van der Waals surface area contributed by atoms with Gasteiger partial charge in [-0.25, -0.2) is 0 Å². The molecule has 0 aliphatic rings. The summed E-state index contributed by atoms with van der Waals surface area (Å²) in [5, 5.41) is 10.5. The third-order valence-corrected chi connectivity index (χ3v) is 2.76. The molecule has 6 nitrogen and oxygen atoms in total. The Morgan fingerprint density at radius 1 is 1.33 bits per heavy atom. The van der Waals surface area contributed by atoms with Crippen LogP contribution in [0.1, 0.15) is 5.56 Å². The molecule has 0 heterocycles. The van der Waals surface area contributed by atoms with Crippen molar-refractivity contribution in [3.63, 3.8) is 0 Å². The summed E-state index contributed by atoms with van der Waals surface area (Å²) in [6, 6.07) is 2.93. The van der Waals surface area contributed by atoms with Gasteiger partial charge in [-0.1, -0.05) is 6.07 Å². The molecule has 0 aromatic heterocycles. The Balaban J connectivity index is 3.27. The van der Waals surface area contributed by atoms with E-state index in [1.54, 1.807) is 0 Å². The fraction of sp³-hybridized carbons (Fsp3) is 0.250. The predicted molar refractivity (Wildman–Crippen MR) is 53.4 cm³/mol. The van der Waals surface area contributed by atoms with Crippen LogP contribution in [-0.4, -0.2) is 18.8 Å². The summed E-state index contributed by atoms with van der Waals surface area (Å²) < 4.78 is 61.4. The van der Waals surface area contributed by atoms with E-state index in [9.17, 15) is 31.7 Å². The molecule has 0 spiro atoms. The zero-order valence-corrected chi connectivity index (χ0v) is 9.58. The number of rotatable bonds is 3. The minimum Gasteiger partial charge on any atom is -0.369 e. The molecule has 0 atom stereocenters. The SMILES string of the molecule is Cc1ccc([N+](=O)[O-])c(OS(=O)(=O)C(F)(F)F)c1. The van der Waals surface area contributed by atoms with Gasteiger partial charge in [-0.2, -0.15) is 21.6 Å². The molecule has 18 heavy (non-hydrogen) atoms. The van der Waals surface area contributed by atoms with Crippen LogP contribution in [0, 0.1) is 17.0 Å². The predicted octanol–water partition coefficient (Wildman–Crippen LogP) is 2.13. The van der Waals surface area contributed by atoms with Gasteiger partial charge in [0.2, 0.25) is 5.75 Å². The monoisotopic (exact) mass is 285 g/mol. The van der Waals surface area contributed by atoms with Gasteiger partial charge in [0, 0.05) is 6.07 Å². The lowest BCUT2D eigenvalue weighted by Gasteiger charge is -2.09. The van der Waals surface area contributed by atoms with E-state index in [-0.39, 0.29) is 0 Å². The van der Waals surface area contributed by atoms with Crippen LogP contribution in [0.25, 0.3) is 0 Å². The number of nitro benzene ring substituents is 1. The largest absolute Gasteiger partial charge is 0.534 e. The maximum atomic E-state index is 12.1. The van der Waals surface area contributed by atoms with Crippen LogP contribution in [-0.2, 0) is 10.1 Å². The second-order valence-corrected chi connectivity index (χ2v) is 4.75. The van der Waals surface area contributed by atoms with Gasteiger partial charge in [-0.3, -0.25) is 10.1 Å². The number of nitrogens with zero attached hydrogens (tertiary/aromatic N) is 1. The molecule has 0 fully saturated rings. The van der Waals surface area contributed by atoms with Crippen molar-refractivity contribution in [1.82, 2.24) is 0 Å². The molecule has 0 aliphatic heterocycles. The highest BCUT2D eigenvalue weighted by atomic mass is 32.2. The number of hydrogen-bond donors (Lipinski definition) is 0. The summed E-state index contributed by atoms with van der Waals surface area (Å²) in [6.07, 6.45) is 0. The van der Waals surface area contributed by atoms with Crippen LogP contribution in [0.4, 0.5) is 18.9 Å². The van der Waals surface area contributed by atoms with E-state index < -0.39 is 32.0 Å². The first-order valence-corrected chi connectivity index (χ1v) is 5.71. The molecule has 0 radical (unpaired) electrons. The lowest BCUT2D eigenvalue weighted by Crippen LogP contribution is -2.28. The minimum atomic E-state index is -5.93. The van der Waals surface area contributed by atoms with Gasteiger partial charge in [0.05, 0.1) is 4.92 Å². The third kappa shape index (κ3) is 2.88. The zero-order valence-electron chi connectivity index (χ0n) is 8.76. The number of alkyl halides is 3. The number of benzene rings is 1. The quantitative estimate of drug-likeness (QED) is 0.367. The molecule has 1 aromatic carbocycles. The molecule has 1 aromatic rings. The second kappa shape index (κ2) is 4.44. The van der Waals surface area contributed by atoms with Crippen molar-refractivity contribution in [3.8, 4) is 5.75 Å². The summed E-state index contributed by atoms with van der Waals surface area (Å²) in [4.78, 5) is 9.48. The highest BCUT2D eigenvalue weighted by Crippen LogP contribution is 2.33. The topological polar surface area (TPSA) is 86.5 Å². The van der Waals surface area contributed by atoms with Crippen LogP contribution in [0.5, 0.6) is 5.75 Å². The van der Waals surface area contributed by atoms with Crippen LogP contribution < -0.4 is 4.18 Å². The van der Waals surface area contributed by atoms with Gasteiger partial charge in [0.25, 0.3) is 0 Å². The highest BCUT2D eigenvalue weighted by molar-refractivity contribution is 7.88. The number of nitro groups is 1. The smallest absolute Gasteiger partial charge is 0.369 e. The minimum absolute atomic E-state index is 0.313. The molecule has 0 aliphatic carbocycles. The average molecular weight is 285 g/mol. The number of aryl methyl sites for hydroxylation is 1. The van der Waals surface area contributed by atoms with E-state index in [1.807, 2.05) is 0 Å². The summed E-state index contributed by atoms with van der Waals surface area (Å²) in [7, 11) is -5.93. The van der Waals surface area contributed by atoms with Crippen molar-refractivity contribution in [3.05, 3.63) is 33.9 Å². The highest BCUT2D eigenvalue weighted by Gasteiger charge is 2.49. The first-order chi connectivity index (χ1) is 8.04. The third-order valence-electron chi connectivity index (χ3n) is 1.79. The standard InChI is InChI=1S/C8H6F3NO5S/c1-5-2-3-6(12(13)14)7(4-5)17-18(15,16)8(9,10)11/h2-4H,1H3. The van der Waals surface area contributed by atoms with E-state index in [2.05, 4.69) is 4.18 Å². The number of hydrogen-bond acceptors (Lipinski definition) is 5. The normalized spacial score (nSPS) is 12.2. The lowest BCUT2D eigenvalue weighted by atomic mass is 10.2. The van der Waals surface area contributed by atoms with Gasteiger partial charge in [0.15, 0.2) is 0 Å². The molecule has 0 N–H and O–H groups in total. The molecule has 0 saturated carbocycles. The first kappa shape index (κ1) is 14.2. The Morgan fingerprint density at radius 2 is 1.89 bits per heavy atom. The summed E-state index contributed by atoms with van der Waals surface area (Å²) in [6.45, 7) is 1.41. The number of halogens is 3. The Kier molecular flexibility index (Phi) is 3.51. The Labute approximate surface area is 99.3 Å². The summed E-state index contributed by atoms with van der Waals surface area (Å²) in [5.74, 6) is -0.975. The zero-order chi connectivity index (χ0) is 14.1. The lowest BCUT2D eigenvalue weighted by molar-refractivity contribution is -0.385. The molecular formula is C8H6F3NO5S. The van der Waals surface area contributed by atoms with E-state index in [1.165, 1.54) is 13.0 Å². The van der Waals surface area contributed by atoms with Gasteiger partial charge in [-0.15, -0.1) is 0 Å². The Hall–Kier alpha value is -1.84. The molecular weight excluding hydrogens is 279 g/mol. The van der Waals surface area contributed by atoms with Crippen LogP contribution >= 0.6 is 0 Å². The maximum absolute atomic E-state index is 12.1. The van der Waals surface area contributed by atoms with Crippen molar-refractivity contribution < 1.29 is 30.7 Å². The van der Waals surface area contributed by atoms with Gasteiger partial charge in [0.1, 0.15) is 0 Å². The van der Waals surface area contributed by atoms with Gasteiger partial charge < -0.3 is 4.18 Å².